The molecule has 1 saturated carbocycles. The molecule has 182 valence electrons. The summed E-state index contributed by atoms with van der Waals surface area (Å²) in [7, 11) is 0. The van der Waals surface area contributed by atoms with Gasteiger partial charge in [0.1, 0.15) is 6.04 Å². The van der Waals surface area contributed by atoms with Crippen LogP contribution in [0.1, 0.15) is 76.0 Å². The molecule has 1 fully saturated rings. The summed E-state index contributed by atoms with van der Waals surface area (Å²) in [6.07, 6.45) is 11.7. The molecule has 0 spiro atoms. The number of nitrogens with two attached hydrogens (primary N) is 1. The number of carbonyl (C=O) groups is 2. The molecule has 1 aliphatic rings. The van der Waals surface area contributed by atoms with Gasteiger partial charge in [-0.3, -0.25) is 14.9 Å². The van der Waals surface area contributed by atoms with E-state index in [0.717, 1.165) is 24.0 Å². The predicted molar refractivity (Wildman–Crippen MR) is 140 cm³/mol. The minimum absolute atomic E-state index is 0.000166. The van der Waals surface area contributed by atoms with Gasteiger partial charge in [0.05, 0.1) is 11.4 Å². The topological polar surface area (TPSA) is 96.2 Å². The molecule has 1 aliphatic carbocycles. The van der Waals surface area contributed by atoms with E-state index in [9.17, 15) is 9.59 Å². The highest BCUT2D eigenvalue weighted by atomic mass is 16.2. The molecule has 1 atom stereocenters. The number of hydrogen-bond acceptors (Lipinski definition) is 4. The molecule has 6 heteroatoms. The van der Waals surface area contributed by atoms with E-state index >= 15 is 0 Å². The lowest BCUT2D eigenvalue weighted by Gasteiger charge is -2.27. The number of carbonyl (C=O) groups excluding carboxylic acids is 2. The number of nitrogen functional groups attached to an aromatic ring is 1. The lowest BCUT2D eigenvalue weighted by atomic mass is 9.94. The molecule has 5 N–H and O–H groups in total. The number of para-hydroxylation sites is 2. The molecule has 0 aliphatic heterocycles. The van der Waals surface area contributed by atoms with Crippen LogP contribution in [-0.4, -0.2) is 23.9 Å². The van der Waals surface area contributed by atoms with Crippen LogP contribution in [0.4, 0.5) is 11.4 Å². The minimum atomic E-state index is -0.394. The lowest BCUT2D eigenvalue weighted by Crippen LogP contribution is -2.44. The van der Waals surface area contributed by atoms with Crippen molar-refractivity contribution in [2.24, 2.45) is 0 Å². The Balaban J connectivity index is 1.68. The third-order valence-electron chi connectivity index (χ3n) is 6.12. The Bertz CT molecular complexity index is 961. The van der Waals surface area contributed by atoms with Crippen molar-refractivity contribution in [2.75, 3.05) is 11.1 Å². The fourth-order valence-electron chi connectivity index (χ4n) is 4.31. The smallest absolute Gasteiger partial charge is 0.248 e. The van der Waals surface area contributed by atoms with Crippen LogP contribution in [0.3, 0.4) is 0 Å². The lowest BCUT2D eigenvalue weighted by molar-refractivity contribution is -0.124. The summed E-state index contributed by atoms with van der Waals surface area (Å²) < 4.78 is 0. The predicted octanol–water partition coefficient (Wildman–Crippen LogP) is 5.19. The Morgan fingerprint density at radius 2 is 1.59 bits per heavy atom. The van der Waals surface area contributed by atoms with Crippen LogP contribution in [0.5, 0.6) is 0 Å². The van der Waals surface area contributed by atoms with Crippen molar-refractivity contribution in [3.8, 4) is 0 Å². The molecule has 0 heterocycles. The van der Waals surface area contributed by atoms with Crippen LogP contribution < -0.4 is 21.7 Å². The van der Waals surface area contributed by atoms with Crippen molar-refractivity contribution < 1.29 is 9.59 Å². The molecule has 1 unspecified atom stereocenters. The van der Waals surface area contributed by atoms with Gasteiger partial charge < -0.3 is 16.4 Å². The number of rotatable bonds is 8. The summed E-state index contributed by atoms with van der Waals surface area (Å²) in [4.78, 5) is 25.3. The number of anilines is 2. The van der Waals surface area contributed by atoms with Crippen molar-refractivity contribution in [3.05, 3.63) is 65.7 Å². The van der Waals surface area contributed by atoms with Crippen LogP contribution in [0, 0.1) is 0 Å². The molecule has 0 radical (unpaired) electrons. The number of benzene rings is 2. The van der Waals surface area contributed by atoms with E-state index < -0.39 is 6.04 Å². The second-order valence-electron chi connectivity index (χ2n) is 9.38. The fraction of sp³-hybridized carbons (Fsp3) is 0.429. The Hall–Kier alpha value is -3.12. The highest BCUT2D eigenvalue weighted by Gasteiger charge is 2.24. The van der Waals surface area contributed by atoms with Gasteiger partial charge in [-0.15, -0.1) is 0 Å². The summed E-state index contributed by atoms with van der Waals surface area (Å²) in [5, 5.41) is 9.49. The minimum Gasteiger partial charge on any atom is -0.397 e. The summed E-state index contributed by atoms with van der Waals surface area (Å²) in [6.45, 7) is 3.96. The van der Waals surface area contributed by atoms with Crippen LogP contribution in [0.25, 0.3) is 6.08 Å². The maximum atomic E-state index is 13.0. The first kappa shape index (κ1) is 25.5. The largest absolute Gasteiger partial charge is 0.397 e. The SMILES string of the molecule is CC(C)NC(=O)C(NC1CCCCCCC1)c1ccc(/C=C/C(=O)Nc2ccccc2N)cc1. The number of amides is 2. The van der Waals surface area contributed by atoms with E-state index in [1.165, 1.54) is 38.2 Å². The fourth-order valence-corrected chi connectivity index (χ4v) is 4.31. The molecule has 0 aromatic heterocycles. The van der Waals surface area contributed by atoms with Crippen LogP contribution in [-0.2, 0) is 9.59 Å². The van der Waals surface area contributed by atoms with Gasteiger partial charge in [0, 0.05) is 18.2 Å². The summed E-state index contributed by atoms with van der Waals surface area (Å²) >= 11 is 0. The molecule has 2 aromatic rings. The zero-order chi connectivity index (χ0) is 24.3. The summed E-state index contributed by atoms with van der Waals surface area (Å²) in [5.41, 5.74) is 8.81. The van der Waals surface area contributed by atoms with Crippen LogP contribution in [0.15, 0.2) is 54.6 Å². The third kappa shape index (κ3) is 8.03. The zero-order valence-corrected chi connectivity index (χ0v) is 20.3. The average Bonchev–Trinajstić information content (AvgIpc) is 2.78. The van der Waals surface area contributed by atoms with Gasteiger partial charge in [0.15, 0.2) is 0 Å². The second kappa shape index (κ2) is 12.9. The first-order chi connectivity index (χ1) is 16.4. The molecule has 3 rings (SSSR count). The molecule has 2 aromatic carbocycles. The second-order valence-corrected chi connectivity index (χ2v) is 9.38. The Morgan fingerprint density at radius 1 is 0.941 bits per heavy atom. The Morgan fingerprint density at radius 3 is 2.24 bits per heavy atom. The van der Waals surface area contributed by atoms with Gasteiger partial charge in [-0.1, -0.05) is 68.5 Å². The molecule has 34 heavy (non-hydrogen) atoms. The van der Waals surface area contributed by atoms with Crippen molar-refractivity contribution >= 4 is 29.3 Å². The van der Waals surface area contributed by atoms with Crippen LogP contribution in [0.2, 0.25) is 0 Å². The molecule has 0 bridgehead atoms. The van der Waals surface area contributed by atoms with E-state index in [1.54, 1.807) is 18.2 Å². The van der Waals surface area contributed by atoms with Crippen molar-refractivity contribution in [1.82, 2.24) is 10.6 Å². The first-order valence-corrected chi connectivity index (χ1v) is 12.4. The van der Waals surface area contributed by atoms with Gasteiger partial charge >= 0.3 is 0 Å². The molecule has 0 saturated heterocycles. The molecule has 6 nitrogen and oxygen atoms in total. The zero-order valence-electron chi connectivity index (χ0n) is 20.3. The monoisotopic (exact) mass is 462 g/mol. The normalized spacial score (nSPS) is 16.1. The van der Waals surface area contributed by atoms with Gasteiger partial charge in [-0.2, -0.15) is 0 Å². The standard InChI is InChI=1S/C28H38N4O2/c1-20(2)30-28(34)27(31-23-10-6-4-3-5-7-11-23)22-17-14-21(15-18-22)16-19-26(33)32-25-13-9-8-12-24(25)29/h8-9,12-20,23,27,31H,3-7,10-11,29H2,1-2H3,(H,30,34)(H,32,33)/b19-16+. The van der Waals surface area contributed by atoms with E-state index in [2.05, 4.69) is 16.0 Å². The summed E-state index contributed by atoms with van der Waals surface area (Å²) in [5.74, 6) is -0.248. The molecule has 2 amide bonds. The summed E-state index contributed by atoms with van der Waals surface area (Å²) in [6, 6.07) is 15.0. The highest BCUT2D eigenvalue weighted by molar-refractivity contribution is 6.03. The average molecular weight is 463 g/mol. The molecular weight excluding hydrogens is 424 g/mol. The van der Waals surface area contributed by atoms with E-state index in [-0.39, 0.29) is 17.9 Å². The van der Waals surface area contributed by atoms with Gasteiger partial charge in [0.2, 0.25) is 11.8 Å². The van der Waals surface area contributed by atoms with Crippen molar-refractivity contribution in [3.63, 3.8) is 0 Å². The highest BCUT2D eigenvalue weighted by Crippen LogP contribution is 2.22. The Labute approximate surface area is 203 Å². The maximum absolute atomic E-state index is 13.0. The maximum Gasteiger partial charge on any atom is 0.248 e. The third-order valence-corrected chi connectivity index (χ3v) is 6.12. The van der Waals surface area contributed by atoms with E-state index in [0.29, 0.717) is 17.4 Å². The quantitative estimate of drug-likeness (QED) is 0.321. The van der Waals surface area contributed by atoms with Gasteiger partial charge in [0.25, 0.3) is 0 Å². The molecular formula is C28H38N4O2. The van der Waals surface area contributed by atoms with Gasteiger partial charge in [-0.05, 0) is 56.0 Å². The first-order valence-electron chi connectivity index (χ1n) is 12.4. The van der Waals surface area contributed by atoms with E-state index in [1.807, 2.05) is 50.2 Å². The Kier molecular flexibility index (Phi) is 9.71. The number of hydrogen-bond donors (Lipinski definition) is 4. The van der Waals surface area contributed by atoms with Crippen LogP contribution >= 0.6 is 0 Å². The van der Waals surface area contributed by atoms with E-state index in [4.69, 9.17) is 5.73 Å². The van der Waals surface area contributed by atoms with Gasteiger partial charge in [-0.25, -0.2) is 0 Å². The van der Waals surface area contributed by atoms with Crippen molar-refractivity contribution in [1.29, 1.82) is 0 Å². The van der Waals surface area contributed by atoms with Crippen molar-refractivity contribution in [2.45, 2.75) is 76.9 Å². The number of nitrogens with one attached hydrogen (secondary N) is 3.